The van der Waals surface area contributed by atoms with E-state index in [2.05, 4.69) is 23.9 Å². The average Bonchev–Trinajstić information content (AvgIpc) is 2.57. The summed E-state index contributed by atoms with van der Waals surface area (Å²) in [5, 5.41) is 0. The third-order valence-electron chi connectivity index (χ3n) is 5.10. The lowest BCUT2D eigenvalue weighted by molar-refractivity contribution is -0.125. The Morgan fingerprint density at radius 2 is 2.04 bits per heavy atom. The van der Waals surface area contributed by atoms with Gasteiger partial charge < -0.3 is 19.5 Å². The highest BCUT2D eigenvalue weighted by Crippen LogP contribution is 2.30. The van der Waals surface area contributed by atoms with Crippen molar-refractivity contribution in [3.8, 4) is 0 Å². The van der Waals surface area contributed by atoms with Gasteiger partial charge in [-0.3, -0.25) is 9.59 Å². The number of pyridine rings is 1. The van der Waals surface area contributed by atoms with Gasteiger partial charge in [-0.2, -0.15) is 0 Å². The maximum absolute atomic E-state index is 12.9. The molecule has 24 heavy (non-hydrogen) atoms. The molecule has 132 valence electrons. The van der Waals surface area contributed by atoms with Gasteiger partial charge in [0.05, 0.1) is 18.8 Å². The van der Waals surface area contributed by atoms with Gasteiger partial charge in [0.1, 0.15) is 0 Å². The average molecular weight is 333 g/mol. The first-order chi connectivity index (χ1) is 11.5. The lowest BCUT2D eigenvalue weighted by atomic mass is 9.89. The van der Waals surface area contributed by atoms with Crippen LogP contribution in [0, 0.1) is 0 Å². The molecule has 2 fully saturated rings. The predicted molar refractivity (Wildman–Crippen MR) is 92.4 cm³/mol. The molecular weight excluding hydrogens is 306 g/mol. The van der Waals surface area contributed by atoms with Crippen LogP contribution in [0.5, 0.6) is 0 Å². The lowest BCUT2D eigenvalue weighted by Gasteiger charge is -2.46. The van der Waals surface area contributed by atoms with E-state index in [4.69, 9.17) is 4.74 Å². The van der Waals surface area contributed by atoms with Crippen molar-refractivity contribution in [3.05, 3.63) is 33.7 Å². The highest BCUT2D eigenvalue weighted by Gasteiger charge is 2.40. The highest BCUT2D eigenvalue weighted by atomic mass is 16.5. The molecule has 0 unspecified atom stereocenters. The Labute approximate surface area is 142 Å². The number of nitrogens with one attached hydrogen (secondary N) is 1. The van der Waals surface area contributed by atoms with E-state index in [1.165, 1.54) is 6.07 Å². The summed E-state index contributed by atoms with van der Waals surface area (Å²) >= 11 is 0. The predicted octanol–water partition coefficient (Wildman–Crippen LogP) is 1.26. The van der Waals surface area contributed by atoms with Crippen molar-refractivity contribution < 1.29 is 9.53 Å². The van der Waals surface area contributed by atoms with Gasteiger partial charge in [0.2, 0.25) is 5.56 Å². The highest BCUT2D eigenvalue weighted by molar-refractivity contribution is 5.94. The molecule has 1 amide bonds. The van der Waals surface area contributed by atoms with Crippen LogP contribution in [0.4, 0.5) is 0 Å². The van der Waals surface area contributed by atoms with Crippen LogP contribution in [0.25, 0.3) is 0 Å². The molecule has 3 rings (SSSR count). The third-order valence-corrected chi connectivity index (χ3v) is 5.10. The number of aromatic amines is 1. The molecule has 0 bridgehead atoms. The van der Waals surface area contributed by atoms with Gasteiger partial charge in [0.25, 0.3) is 5.91 Å². The molecule has 1 N–H and O–H groups in total. The van der Waals surface area contributed by atoms with Crippen molar-refractivity contribution >= 4 is 5.91 Å². The second kappa shape index (κ2) is 7.07. The van der Waals surface area contributed by atoms with E-state index in [0.717, 1.165) is 44.5 Å². The minimum absolute atomic E-state index is 0.0555. The normalized spacial score (nSPS) is 21.2. The molecule has 0 radical (unpaired) electrons. The minimum Gasteiger partial charge on any atom is -0.371 e. The van der Waals surface area contributed by atoms with Gasteiger partial charge in [-0.05, 0) is 32.4 Å². The zero-order chi connectivity index (χ0) is 17.2. The van der Waals surface area contributed by atoms with Crippen molar-refractivity contribution in [2.24, 2.45) is 0 Å². The smallest absolute Gasteiger partial charge is 0.254 e. The van der Waals surface area contributed by atoms with Crippen LogP contribution in [-0.2, 0) is 11.2 Å². The number of nitrogens with zero attached hydrogens (tertiary/aromatic N) is 2. The Kier molecular flexibility index (Phi) is 5.06. The van der Waals surface area contributed by atoms with Crippen LogP contribution in [0.1, 0.15) is 42.2 Å². The number of aromatic nitrogens is 1. The number of rotatable bonds is 3. The lowest BCUT2D eigenvalue weighted by Crippen LogP contribution is -2.57. The molecule has 6 nitrogen and oxygen atoms in total. The summed E-state index contributed by atoms with van der Waals surface area (Å²) in [6.45, 7) is 5.82. The molecule has 3 heterocycles. The quantitative estimate of drug-likeness (QED) is 0.904. The Morgan fingerprint density at radius 3 is 2.75 bits per heavy atom. The summed E-state index contributed by atoms with van der Waals surface area (Å²) in [6.07, 6.45) is 3.60. The molecule has 2 aliphatic rings. The number of H-pyrrole nitrogens is 1. The molecule has 0 atom stereocenters. The molecule has 1 aromatic rings. The number of ether oxygens (including phenoxy) is 1. The molecule has 0 saturated carbocycles. The number of likely N-dealkylation sites (tertiary alicyclic amines) is 1. The molecule has 6 heteroatoms. The number of amides is 1. The number of carbonyl (C=O) groups excluding carboxylic acids is 1. The molecule has 1 aromatic heterocycles. The van der Waals surface area contributed by atoms with E-state index in [-0.39, 0.29) is 17.1 Å². The van der Waals surface area contributed by atoms with Gasteiger partial charge in [-0.1, -0.05) is 13.3 Å². The van der Waals surface area contributed by atoms with Crippen LogP contribution in [0.2, 0.25) is 0 Å². The topological polar surface area (TPSA) is 65.6 Å². The van der Waals surface area contributed by atoms with E-state index < -0.39 is 0 Å². The van der Waals surface area contributed by atoms with Gasteiger partial charge in [0, 0.05) is 37.0 Å². The van der Waals surface area contributed by atoms with E-state index in [0.29, 0.717) is 25.3 Å². The van der Waals surface area contributed by atoms with Gasteiger partial charge in [-0.25, -0.2) is 0 Å². The molecule has 0 aliphatic carbocycles. The number of aryl methyl sites for hydroxylation is 1. The van der Waals surface area contributed by atoms with E-state index in [1.54, 1.807) is 0 Å². The summed E-state index contributed by atoms with van der Waals surface area (Å²) in [4.78, 5) is 31.7. The Hall–Kier alpha value is -1.66. The zero-order valence-electron chi connectivity index (χ0n) is 14.6. The first-order valence-electron chi connectivity index (χ1n) is 8.86. The van der Waals surface area contributed by atoms with Crippen molar-refractivity contribution in [1.82, 2.24) is 14.8 Å². The largest absolute Gasteiger partial charge is 0.371 e. The van der Waals surface area contributed by atoms with Crippen molar-refractivity contribution in [1.29, 1.82) is 0 Å². The molecule has 2 saturated heterocycles. The van der Waals surface area contributed by atoms with E-state index in [1.807, 2.05) is 11.0 Å². The maximum atomic E-state index is 12.9. The van der Waals surface area contributed by atoms with Gasteiger partial charge in [0.15, 0.2) is 0 Å². The van der Waals surface area contributed by atoms with Crippen LogP contribution in [0.15, 0.2) is 16.9 Å². The number of piperidine rings is 1. The molecule has 2 aliphatic heterocycles. The molecular formula is C18H27N3O3. The van der Waals surface area contributed by atoms with Gasteiger partial charge >= 0.3 is 0 Å². The Bertz CT molecular complexity index is 647. The molecule has 1 spiro atoms. The number of hydrogen-bond donors (Lipinski definition) is 1. The zero-order valence-corrected chi connectivity index (χ0v) is 14.6. The number of hydrogen-bond acceptors (Lipinski definition) is 4. The summed E-state index contributed by atoms with van der Waals surface area (Å²) in [6, 6.07) is 3.24. The fourth-order valence-corrected chi connectivity index (χ4v) is 3.66. The van der Waals surface area contributed by atoms with Crippen molar-refractivity contribution in [2.45, 2.75) is 38.2 Å². The number of morpholine rings is 1. The standard InChI is InChI=1S/C18H27N3O3/c1-3-4-15-11-14(12-16(22)19-15)17(23)21-9-10-24-18(13-21)5-7-20(2)8-6-18/h11-12H,3-10,13H2,1-2H3,(H,19,22). The SMILES string of the molecule is CCCc1cc(C(=O)N2CCOC3(CCN(C)CC3)C2)cc(=O)[nH]1. The first kappa shape index (κ1) is 17.2. The maximum Gasteiger partial charge on any atom is 0.254 e. The fourth-order valence-electron chi connectivity index (χ4n) is 3.66. The second-order valence-electron chi connectivity index (χ2n) is 7.07. The van der Waals surface area contributed by atoms with Gasteiger partial charge in [-0.15, -0.1) is 0 Å². The van der Waals surface area contributed by atoms with Crippen LogP contribution in [-0.4, -0.2) is 66.1 Å². The van der Waals surface area contributed by atoms with Crippen LogP contribution < -0.4 is 5.56 Å². The van der Waals surface area contributed by atoms with E-state index in [9.17, 15) is 9.59 Å². The van der Waals surface area contributed by atoms with E-state index >= 15 is 0 Å². The summed E-state index contributed by atoms with van der Waals surface area (Å²) in [5.74, 6) is -0.0555. The summed E-state index contributed by atoms with van der Waals surface area (Å²) in [7, 11) is 2.12. The van der Waals surface area contributed by atoms with Crippen LogP contribution >= 0.6 is 0 Å². The Morgan fingerprint density at radius 1 is 1.29 bits per heavy atom. The fraction of sp³-hybridized carbons (Fsp3) is 0.667. The van der Waals surface area contributed by atoms with Crippen LogP contribution in [0.3, 0.4) is 0 Å². The summed E-state index contributed by atoms with van der Waals surface area (Å²) < 4.78 is 6.07. The second-order valence-corrected chi connectivity index (χ2v) is 7.07. The first-order valence-corrected chi connectivity index (χ1v) is 8.86. The minimum atomic E-state index is -0.214. The Balaban J connectivity index is 1.76. The van der Waals surface area contributed by atoms with Crippen molar-refractivity contribution in [2.75, 3.05) is 39.8 Å². The third kappa shape index (κ3) is 3.70. The molecule has 0 aromatic carbocycles. The van der Waals surface area contributed by atoms with Crippen molar-refractivity contribution in [3.63, 3.8) is 0 Å². The monoisotopic (exact) mass is 333 g/mol. The number of carbonyl (C=O) groups is 1. The summed E-state index contributed by atoms with van der Waals surface area (Å²) in [5.41, 5.74) is 0.905.